The number of nitrogens with zero attached hydrogens (tertiary/aromatic N) is 2. The number of hydrogen-bond donors (Lipinski definition) is 1. The monoisotopic (exact) mass is 454 g/mol. The van der Waals surface area contributed by atoms with E-state index in [1.54, 1.807) is 44.5 Å². The molecule has 0 bridgehead atoms. The van der Waals surface area contributed by atoms with Gasteiger partial charge in [-0.2, -0.15) is 0 Å². The molecular formula is C27H22N2O5. The molecule has 0 spiro atoms. The van der Waals surface area contributed by atoms with Crippen molar-refractivity contribution in [3.05, 3.63) is 110 Å². The van der Waals surface area contributed by atoms with Crippen LogP contribution in [0, 0.1) is 11.8 Å². The van der Waals surface area contributed by atoms with Crippen molar-refractivity contribution in [3.63, 3.8) is 0 Å². The topological polar surface area (TPSA) is 90.5 Å². The average molecular weight is 454 g/mol. The van der Waals surface area contributed by atoms with Gasteiger partial charge in [-0.05, 0) is 53.6 Å². The van der Waals surface area contributed by atoms with Crippen LogP contribution in [-0.4, -0.2) is 27.3 Å². The van der Waals surface area contributed by atoms with Gasteiger partial charge < -0.3 is 9.84 Å². The van der Waals surface area contributed by atoms with Gasteiger partial charge in [0.2, 0.25) is 0 Å². The first-order chi connectivity index (χ1) is 16.4. The highest BCUT2D eigenvalue weighted by molar-refractivity contribution is 5.87. The molecule has 0 amide bonds. The third kappa shape index (κ3) is 4.62. The Morgan fingerprint density at radius 2 is 1.65 bits per heavy atom. The Balaban J connectivity index is 1.66. The third-order valence-corrected chi connectivity index (χ3v) is 5.58. The fraction of sp³-hybridized carbons (Fsp3) is 0.148. The van der Waals surface area contributed by atoms with Gasteiger partial charge in [-0.15, -0.1) is 0 Å². The van der Waals surface area contributed by atoms with Crippen molar-refractivity contribution in [3.8, 4) is 17.6 Å². The van der Waals surface area contributed by atoms with Crippen LogP contribution in [0.2, 0.25) is 0 Å². The van der Waals surface area contributed by atoms with Gasteiger partial charge in [0.15, 0.2) is 0 Å². The molecule has 0 aliphatic carbocycles. The van der Waals surface area contributed by atoms with E-state index in [1.807, 2.05) is 24.3 Å². The van der Waals surface area contributed by atoms with Crippen molar-refractivity contribution in [1.82, 2.24) is 9.13 Å². The van der Waals surface area contributed by atoms with Crippen LogP contribution in [0.3, 0.4) is 0 Å². The summed E-state index contributed by atoms with van der Waals surface area (Å²) in [5.41, 5.74) is 2.17. The summed E-state index contributed by atoms with van der Waals surface area (Å²) in [5.74, 6) is 5.95. The number of ether oxygens (including phenoxy) is 1. The van der Waals surface area contributed by atoms with Crippen LogP contribution in [0.25, 0.3) is 10.9 Å². The van der Waals surface area contributed by atoms with Crippen LogP contribution >= 0.6 is 0 Å². The first-order valence-electron chi connectivity index (χ1n) is 10.5. The number of carbonyl (C=O) groups is 1. The summed E-state index contributed by atoms with van der Waals surface area (Å²) in [6.45, 7) is 0.0364. The Morgan fingerprint density at radius 1 is 0.971 bits per heavy atom. The lowest BCUT2D eigenvalue weighted by Crippen LogP contribution is -2.39. The number of carboxylic acids is 1. The maximum atomic E-state index is 13.2. The van der Waals surface area contributed by atoms with Crippen molar-refractivity contribution < 1.29 is 14.6 Å². The predicted octanol–water partition coefficient (Wildman–Crippen LogP) is 3.05. The Kier molecular flexibility index (Phi) is 6.33. The molecule has 4 rings (SSSR count). The fourth-order valence-corrected chi connectivity index (χ4v) is 3.66. The molecule has 0 aliphatic heterocycles. The Hall–Kier alpha value is -4.57. The number of rotatable bonds is 5. The molecule has 0 radical (unpaired) electrons. The smallest absolute Gasteiger partial charge is 0.335 e. The zero-order valence-corrected chi connectivity index (χ0v) is 18.7. The van der Waals surface area contributed by atoms with Gasteiger partial charge in [0.25, 0.3) is 5.56 Å². The van der Waals surface area contributed by atoms with Gasteiger partial charge in [-0.1, -0.05) is 36.1 Å². The Labute approximate surface area is 195 Å². The van der Waals surface area contributed by atoms with E-state index in [1.165, 1.54) is 16.7 Å². The lowest BCUT2D eigenvalue weighted by Gasteiger charge is -2.11. The molecule has 3 aromatic carbocycles. The van der Waals surface area contributed by atoms with Gasteiger partial charge in [0.05, 0.1) is 30.1 Å². The molecule has 0 saturated heterocycles. The normalized spacial score (nSPS) is 10.5. The molecule has 1 N–H and O–H groups in total. The molecule has 1 heterocycles. The highest BCUT2D eigenvalue weighted by Gasteiger charge is 2.12. The van der Waals surface area contributed by atoms with E-state index < -0.39 is 17.2 Å². The van der Waals surface area contributed by atoms with E-state index in [-0.39, 0.29) is 12.1 Å². The SMILES string of the molecule is COc1ccc(CC#Cc2ccc3c(c2)c(=O)n(Cc2ccc(C(=O)O)cc2)c(=O)n3C)cc1. The Morgan fingerprint density at radius 3 is 2.29 bits per heavy atom. The largest absolute Gasteiger partial charge is 0.497 e. The van der Waals surface area contributed by atoms with Crippen LogP contribution in [0.15, 0.2) is 76.3 Å². The highest BCUT2D eigenvalue weighted by Crippen LogP contribution is 2.13. The van der Waals surface area contributed by atoms with Crippen molar-refractivity contribution in [2.24, 2.45) is 7.05 Å². The van der Waals surface area contributed by atoms with Crippen molar-refractivity contribution in [1.29, 1.82) is 0 Å². The van der Waals surface area contributed by atoms with E-state index >= 15 is 0 Å². The standard InChI is InChI=1S/C27H22N2O5/c1-28-24-15-10-19(5-3-4-18-8-13-22(34-2)14-9-18)16-23(24)25(30)29(27(28)33)17-20-6-11-21(12-7-20)26(31)32/h6-16H,4,17H2,1-2H3,(H,31,32). The van der Waals surface area contributed by atoms with E-state index in [0.717, 1.165) is 15.9 Å². The second-order valence-electron chi connectivity index (χ2n) is 7.79. The first-order valence-corrected chi connectivity index (χ1v) is 10.5. The summed E-state index contributed by atoms with van der Waals surface area (Å²) < 4.78 is 7.73. The quantitative estimate of drug-likeness (QED) is 0.468. The van der Waals surface area contributed by atoms with Gasteiger partial charge >= 0.3 is 11.7 Å². The highest BCUT2D eigenvalue weighted by atomic mass is 16.5. The van der Waals surface area contributed by atoms with E-state index in [4.69, 9.17) is 9.84 Å². The molecule has 7 heteroatoms. The third-order valence-electron chi connectivity index (χ3n) is 5.58. The number of hydrogen-bond acceptors (Lipinski definition) is 4. The summed E-state index contributed by atoms with van der Waals surface area (Å²) in [5, 5.41) is 9.45. The maximum Gasteiger partial charge on any atom is 0.335 e. The van der Waals surface area contributed by atoms with Gasteiger partial charge in [0, 0.05) is 19.0 Å². The molecule has 170 valence electrons. The van der Waals surface area contributed by atoms with Crippen LogP contribution in [0.4, 0.5) is 0 Å². The lowest BCUT2D eigenvalue weighted by atomic mass is 10.1. The minimum absolute atomic E-state index is 0.0364. The molecule has 4 aromatic rings. The minimum Gasteiger partial charge on any atom is -0.497 e. The number of methoxy groups -OCH3 is 1. The molecule has 7 nitrogen and oxygen atoms in total. The molecule has 0 atom stereocenters. The number of aromatic nitrogens is 2. The number of carboxylic acid groups (broad SMARTS) is 1. The van der Waals surface area contributed by atoms with Crippen molar-refractivity contribution >= 4 is 16.9 Å². The maximum absolute atomic E-state index is 13.2. The molecule has 0 fully saturated rings. The van der Waals surface area contributed by atoms with E-state index in [9.17, 15) is 14.4 Å². The predicted molar refractivity (Wildman–Crippen MR) is 130 cm³/mol. The van der Waals surface area contributed by atoms with Crippen molar-refractivity contribution in [2.45, 2.75) is 13.0 Å². The van der Waals surface area contributed by atoms with Crippen LogP contribution in [0.1, 0.15) is 27.0 Å². The van der Waals surface area contributed by atoms with Gasteiger partial charge in [0.1, 0.15) is 5.75 Å². The number of fused-ring (bicyclic) bond motifs is 1. The second-order valence-corrected chi connectivity index (χ2v) is 7.79. The van der Waals surface area contributed by atoms with E-state index in [0.29, 0.717) is 28.5 Å². The second kappa shape index (κ2) is 9.51. The summed E-state index contributed by atoms with van der Waals surface area (Å²) in [6.07, 6.45) is 0.547. The zero-order valence-electron chi connectivity index (χ0n) is 18.7. The number of aromatic carboxylic acids is 1. The molecule has 1 aromatic heterocycles. The summed E-state index contributed by atoms with van der Waals surface area (Å²) in [4.78, 5) is 37.1. The van der Waals surface area contributed by atoms with Gasteiger partial charge in [-0.3, -0.25) is 13.9 Å². The van der Waals surface area contributed by atoms with Crippen LogP contribution in [0.5, 0.6) is 5.75 Å². The van der Waals surface area contributed by atoms with Crippen LogP contribution in [-0.2, 0) is 20.0 Å². The molecule has 0 saturated carbocycles. The summed E-state index contributed by atoms with van der Waals surface area (Å²) in [7, 11) is 3.23. The van der Waals surface area contributed by atoms with Crippen molar-refractivity contribution in [2.75, 3.05) is 7.11 Å². The fourth-order valence-electron chi connectivity index (χ4n) is 3.66. The van der Waals surface area contributed by atoms with Gasteiger partial charge in [-0.25, -0.2) is 9.59 Å². The molecule has 0 unspecified atom stereocenters. The first kappa shape index (κ1) is 22.6. The molecule has 0 aliphatic rings. The number of aryl methyl sites for hydroxylation is 1. The van der Waals surface area contributed by atoms with E-state index in [2.05, 4.69) is 11.8 Å². The molecule has 34 heavy (non-hydrogen) atoms. The van der Waals surface area contributed by atoms with Crippen LogP contribution < -0.4 is 16.0 Å². The summed E-state index contributed by atoms with van der Waals surface area (Å²) >= 11 is 0. The average Bonchev–Trinajstić information content (AvgIpc) is 2.86. The zero-order chi connectivity index (χ0) is 24.2. The summed E-state index contributed by atoms with van der Waals surface area (Å²) in [6, 6.07) is 19.0. The minimum atomic E-state index is -1.04. The molecular weight excluding hydrogens is 432 g/mol. The Bertz CT molecular complexity index is 1550. The lowest BCUT2D eigenvalue weighted by molar-refractivity contribution is 0.0697. The number of benzene rings is 3.